The van der Waals surface area contributed by atoms with Gasteiger partial charge in [-0.15, -0.1) is 0 Å². The average molecular weight is 398 g/mol. The number of ether oxygens (including phenoxy) is 2. The van der Waals surface area contributed by atoms with Gasteiger partial charge in [0.15, 0.2) is 11.5 Å². The van der Waals surface area contributed by atoms with Crippen molar-refractivity contribution in [2.75, 3.05) is 33.0 Å². The Labute approximate surface area is 167 Å². The van der Waals surface area contributed by atoms with E-state index in [1.807, 2.05) is 47.4 Å². The first-order chi connectivity index (χ1) is 13.7. The number of carbonyl (C=O) groups excluding carboxylic acids is 1. The van der Waals surface area contributed by atoms with E-state index in [0.717, 1.165) is 36.1 Å². The van der Waals surface area contributed by atoms with Crippen molar-refractivity contribution in [2.24, 2.45) is 0 Å². The number of H-pyrrole nitrogens is 1. The van der Waals surface area contributed by atoms with E-state index in [1.54, 1.807) is 0 Å². The maximum absolute atomic E-state index is 12.8. The monoisotopic (exact) mass is 397 g/mol. The van der Waals surface area contributed by atoms with Gasteiger partial charge in [0.25, 0.3) is 5.91 Å². The molecule has 1 N–H and O–H groups in total. The largest absolute Gasteiger partial charge is 0.454 e. The van der Waals surface area contributed by atoms with Crippen LogP contribution >= 0.6 is 11.6 Å². The topological polar surface area (TPSA) is 57.8 Å². The van der Waals surface area contributed by atoms with E-state index in [0.29, 0.717) is 35.3 Å². The summed E-state index contributed by atoms with van der Waals surface area (Å²) in [6.07, 6.45) is 0. The summed E-state index contributed by atoms with van der Waals surface area (Å²) in [4.78, 5) is 20.3. The van der Waals surface area contributed by atoms with Crippen LogP contribution in [0.1, 0.15) is 16.1 Å². The van der Waals surface area contributed by atoms with Crippen LogP contribution in [-0.2, 0) is 6.54 Å². The lowest BCUT2D eigenvalue weighted by molar-refractivity contribution is 0.0623. The predicted octanol–water partition coefficient (Wildman–Crippen LogP) is 3.51. The number of piperazine rings is 1. The second-order valence-corrected chi connectivity index (χ2v) is 7.56. The van der Waals surface area contributed by atoms with Gasteiger partial charge in [0.05, 0.1) is 5.02 Å². The Kier molecular flexibility index (Phi) is 4.37. The number of hydrogen-bond donors (Lipinski definition) is 1. The minimum Gasteiger partial charge on any atom is -0.454 e. The Morgan fingerprint density at radius 3 is 2.71 bits per heavy atom. The molecule has 1 saturated heterocycles. The summed E-state index contributed by atoms with van der Waals surface area (Å²) in [7, 11) is 0. The molecule has 2 aliphatic heterocycles. The molecule has 1 fully saturated rings. The molecule has 144 valence electrons. The van der Waals surface area contributed by atoms with Gasteiger partial charge >= 0.3 is 0 Å². The Balaban J connectivity index is 1.23. The first-order valence-electron chi connectivity index (χ1n) is 9.35. The summed E-state index contributed by atoms with van der Waals surface area (Å²) in [5.41, 5.74) is 2.73. The van der Waals surface area contributed by atoms with E-state index in [2.05, 4.69) is 9.88 Å². The summed E-state index contributed by atoms with van der Waals surface area (Å²) in [6.45, 7) is 4.02. The van der Waals surface area contributed by atoms with Crippen LogP contribution in [0, 0.1) is 0 Å². The number of hydrogen-bond acceptors (Lipinski definition) is 4. The molecule has 7 heteroatoms. The number of aromatic nitrogens is 1. The summed E-state index contributed by atoms with van der Waals surface area (Å²) < 4.78 is 10.8. The van der Waals surface area contributed by atoms with Crippen LogP contribution in [0.2, 0.25) is 5.02 Å². The number of rotatable bonds is 3. The Hall–Kier alpha value is -2.70. The van der Waals surface area contributed by atoms with Gasteiger partial charge in [-0.25, -0.2) is 0 Å². The number of nitrogens with zero attached hydrogens (tertiary/aromatic N) is 2. The van der Waals surface area contributed by atoms with Crippen molar-refractivity contribution < 1.29 is 14.3 Å². The molecule has 2 aliphatic rings. The zero-order chi connectivity index (χ0) is 19.1. The molecule has 3 heterocycles. The van der Waals surface area contributed by atoms with E-state index in [1.165, 1.54) is 0 Å². The van der Waals surface area contributed by atoms with Gasteiger partial charge in [0, 0.05) is 43.6 Å². The molecule has 3 aromatic rings. The standard InChI is InChI=1S/C21H20ClN3O3/c22-16-9-14(10-19-20(16)28-13-27-19)12-24-5-7-25(8-6-24)21(26)18-11-15-3-1-2-4-17(15)23-18/h1-4,9-11,23H,5-8,12-13H2. The number of para-hydroxylation sites is 1. The number of amides is 1. The van der Waals surface area contributed by atoms with Crippen molar-refractivity contribution in [1.82, 2.24) is 14.8 Å². The van der Waals surface area contributed by atoms with Gasteiger partial charge in [-0.05, 0) is 29.8 Å². The van der Waals surface area contributed by atoms with E-state index in [4.69, 9.17) is 21.1 Å². The third kappa shape index (κ3) is 3.19. The minimum atomic E-state index is 0.0574. The molecule has 2 aromatic carbocycles. The summed E-state index contributed by atoms with van der Waals surface area (Å²) in [5, 5.41) is 1.64. The molecule has 1 aromatic heterocycles. The summed E-state index contributed by atoms with van der Waals surface area (Å²) >= 11 is 6.28. The van der Waals surface area contributed by atoms with Gasteiger partial charge in [0.1, 0.15) is 5.69 Å². The van der Waals surface area contributed by atoms with Crippen LogP contribution in [0.3, 0.4) is 0 Å². The highest BCUT2D eigenvalue weighted by atomic mass is 35.5. The molecule has 0 aliphatic carbocycles. The molecule has 1 amide bonds. The number of halogens is 1. The van der Waals surface area contributed by atoms with E-state index < -0.39 is 0 Å². The van der Waals surface area contributed by atoms with Gasteiger partial charge in [-0.2, -0.15) is 0 Å². The number of benzene rings is 2. The zero-order valence-electron chi connectivity index (χ0n) is 15.3. The van der Waals surface area contributed by atoms with E-state index >= 15 is 0 Å². The molecule has 0 radical (unpaired) electrons. The Morgan fingerprint density at radius 2 is 1.89 bits per heavy atom. The average Bonchev–Trinajstić information content (AvgIpc) is 3.35. The maximum atomic E-state index is 12.8. The first-order valence-corrected chi connectivity index (χ1v) is 9.72. The summed E-state index contributed by atoms with van der Waals surface area (Å²) in [6, 6.07) is 13.8. The van der Waals surface area contributed by atoms with Crippen LogP contribution in [0.25, 0.3) is 10.9 Å². The highest BCUT2D eigenvalue weighted by Crippen LogP contribution is 2.40. The predicted molar refractivity (Wildman–Crippen MR) is 107 cm³/mol. The van der Waals surface area contributed by atoms with Crippen molar-refractivity contribution in [3.63, 3.8) is 0 Å². The number of nitrogens with one attached hydrogen (secondary N) is 1. The van der Waals surface area contributed by atoms with Gasteiger partial charge < -0.3 is 19.4 Å². The number of aromatic amines is 1. The molecule has 0 bridgehead atoms. The highest BCUT2D eigenvalue weighted by molar-refractivity contribution is 6.32. The van der Waals surface area contributed by atoms with Gasteiger partial charge in [0.2, 0.25) is 6.79 Å². The molecule has 0 atom stereocenters. The molecule has 0 spiro atoms. The SMILES string of the molecule is O=C(c1cc2ccccc2[nH]1)N1CCN(Cc2cc(Cl)c3c(c2)OCO3)CC1. The van der Waals surface area contributed by atoms with Crippen LogP contribution in [0.4, 0.5) is 0 Å². The normalized spacial score (nSPS) is 16.7. The van der Waals surface area contributed by atoms with Crippen LogP contribution in [-0.4, -0.2) is 53.7 Å². The molecule has 5 rings (SSSR count). The Bertz CT molecular complexity index is 1010. The van der Waals surface area contributed by atoms with E-state index in [-0.39, 0.29) is 12.7 Å². The summed E-state index contributed by atoms with van der Waals surface area (Å²) in [5.74, 6) is 1.39. The number of fused-ring (bicyclic) bond motifs is 2. The van der Waals surface area contributed by atoms with Gasteiger partial charge in [-0.1, -0.05) is 29.8 Å². The fourth-order valence-electron chi connectivity index (χ4n) is 3.84. The lowest BCUT2D eigenvalue weighted by atomic mass is 10.1. The van der Waals surface area contributed by atoms with Crippen molar-refractivity contribution >= 4 is 28.4 Å². The third-order valence-corrected chi connectivity index (χ3v) is 5.59. The zero-order valence-corrected chi connectivity index (χ0v) is 16.0. The lowest BCUT2D eigenvalue weighted by Gasteiger charge is -2.34. The smallest absolute Gasteiger partial charge is 0.270 e. The van der Waals surface area contributed by atoms with Crippen LogP contribution in [0.5, 0.6) is 11.5 Å². The lowest BCUT2D eigenvalue weighted by Crippen LogP contribution is -2.48. The molecule has 28 heavy (non-hydrogen) atoms. The quantitative estimate of drug-likeness (QED) is 0.734. The fourth-order valence-corrected chi connectivity index (χ4v) is 4.13. The molecule has 0 saturated carbocycles. The second-order valence-electron chi connectivity index (χ2n) is 7.15. The van der Waals surface area contributed by atoms with Crippen LogP contribution < -0.4 is 9.47 Å². The van der Waals surface area contributed by atoms with Crippen molar-refractivity contribution in [2.45, 2.75) is 6.54 Å². The maximum Gasteiger partial charge on any atom is 0.270 e. The van der Waals surface area contributed by atoms with Gasteiger partial charge in [-0.3, -0.25) is 9.69 Å². The molecular formula is C21H20ClN3O3. The minimum absolute atomic E-state index is 0.0574. The van der Waals surface area contributed by atoms with Crippen molar-refractivity contribution in [1.29, 1.82) is 0 Å². The van der Waals surface area contributed by atoms with Crippen molar-refractivity contribution in [3.8, 4) is 11.5 Å². The molecule has 6 nitrogen and oxygen atoms in total. The molecule has 0 unspecified atom stereocenters. The first kappa shape index (κ1) is 17.4. The number of carbonyl (C=O) groups is 1. The second kappa shape index (κ2) is 7.04. The molecular weight excluding hydrogens is 378 g/mol. The van der Waals surface area contributed by atoms with E-state index in [9.17, 15) is 4.79 Å². The van der Waals surface area contributed by atoms with Crippen molar-refractivity contribution in [3.05, 3.63) is 58.7 Å². The highest BCUT2D eigenvalue weighted by Gasteiger charge is 2.24. The Morgan fingerprint density at radius 1 is 1.07 bits per heavy atom. The third-order valence-electron chi connectivity index (χ3n) is 5.31. The van der Waals surface area contributed by atoms with Crippen LogP contribution in [0.15, 0.2) is 42.5 Å². The fraction of sp³-hybridized carbons (Fsp3) is 0.286.